The van der Waals surface area contributed by atoms with Gasteiger partial charge in [0.05, 0.1) is 0 Å². The molecule has 4 atom stereocenters. The van der Waals surface area contributed by atoms with E-state index in [1.54, 1.807) is 25.7 Å². The van der Waals surface area contributed by atoms with E-state index in [1.807, 2.05) is 83.1 Å². The highest BCUT2D eigenvalue weighted by molar-refractivity contribution is 5.93. The minimum absolute atomic E-state index is 0.119. The molecule has 2 aromatic rings. The molecule has 1 aliphatic carbocycles. The second-order valence-electron chi connectivity index (χ2n) is 12.8. The van der Waals surface area contributed by atoms with Crippen LogP contribution in [0.1, 0.15) is 83.2 Å². The van der Waals surface area contributed by atoms with Crippen molar-refractivity contribution in [2.45, 2.75) is 104 Å². The second kappa shape index (κ2) is 11.8. The number of nitrogens with one attached hydrogen (secondary N) is 2. The molecule has 0 saturated heterocycles. The topological polar surface area (TPSA) is 87.7 Å². The van der Waals surface area contributed by atoms with E-state index >= 15 is 0 Å². The van der Waals surface area contributed by atoms with Gasteiger partial charge in [-0.15, -0.1) is 0 Å². The van der Waals surface area contributed by atoms with Crippen LogP contribution in [0, 0.1) is 19.8 Å². The van der Waals surface area contributed by atoms with Crippen molar-refractivity contribution in [2.75, 3.05) is 0 Å². The molecule has 212 valence electrons. The third kappa shape index (κ3) is 8.32. The number of alkyl carbamates (subject to hydrolysis) is 1. The number of carbonyl (C=O) groups is 3. The quantitative estimate of drug-likeness (QED) is 0.458. The number of aryl methyl sites for hydroxylation is 1. The predicted octanol–water partition coefficient (Wildman–Crippen LogP) is 5.63. The van der Waals surface area contributed by atoms with Crippen molar-refractivity contribution in [3.8, 4) is 0 Å². The molecular formula is C32H45N3O4. The van der Waals surface area contributed by atoms with Gasteiger partial charge < -0.3 is 20.3 Å². The molecule has 1 aliphatic rings. The van der Waals surface area contributed by atoms with Crippen molar-refractivity contribution in [1.29, 1.82) is 0 Å². The normalized spacial score (nSPS) is 18.5. The lowest BCUT2D eigenvalue weighted by atomic mass is 9.93. The summed E-state index contributed by atoms with van der Waals surface area (Å²) < 4.78 is 5.53. The van der Waals surface area contributed by atoms with E-state index in [1.165, 1.54) is 0 Å². The molecule has 0 spiro atoms. The van der Waals surface area contributed by atoms with Gasteiger partial charge in [-0.05, 0) is 90.0 Å². The van der Waals surface area contributed by atoms with E-state index in [2.05, 4.69) is 17.6 Å². The third-order valence-corrected chi connectivity index (χ3v) is 6.92. The number of hydrogen-bond donors (Lipinski definition) is 2. The Morgan fingerprint density at radius 2 is 1.59 bits per heavy atom. The minimum Gasteiger partial charge on any atom is -0.444 e. The van der Waals surface area contributed by atoms with E-state index in [0.29, 0.717) is 0 Å². The van der Waals surface area contributed by atoms with Crippen LogP contribution in [0.25, 0.3) is 0 Å². The Hall–Kier alpha value is -3.35. The van der Waals surface area contributed by atoms with Crippen LogP contribution in [0.3, 0.4) is 0 Å². The van der Waals surface area contributed by atoms with Crippen molar-refractivity contribution in [2.24, 2.45) is 5.92 Å². The van der Waals surface area contributed by atoms with E-state index < -0.39 is 29.3 Å². The van der Waals surface area contributed by atoms with Gasteiger partial charge in [-0.2, -0.15) is 0 Å². The number of amides is 3. The number of benzene rings is 2. The Labute approximate surface area is 233 Å². The fourth-order valence-corrected chi connectivity index (χ4v) is 4.78. The Balaban J connectivity index is 2.09. The summed E-state index contributed by atoms with van der Waals surface area (Å²) in [5.74, 6) is -0.295. The summed E-state index contributed by atoms with van der Waals surface area (Å²) in [5.41, 5.74) is 2.50. The van der Waals surface area contributed by atoms with Crippen molar-refractivity contribution in [3.63, 3.8) is 0 Å². The maximum absolute atomic E-state index is 14.5. The lowest BCUT2D eigenvalue weighted by Crippen LogP contribution is -2.56. The Bertz CT molecular complexity index is 1180. The summed E-state index contributed by atoms with van der Waals surface area (Å²) >= 11 is 0. The van der Waals surface area contributed by atoms with E-state index in [0.717, 1.165) is 28.7 Å². The lowest BCUT2D eigenvalue weighted by molar-refractivity contribution is -0.144. The van der Waals surface area contributed by atoms with Crippen LogP contribution in [0.15, 0.2) is 48.5 Å². The van der Waals surface area contributed by atoms with Gasteiger partial charge >= 0.3 is 6.09 Å². The molecule has 1 saturated carbocycles. The highest BCUT2D eigenvalue weighted by Gasteiger charge is 2.49. The fourth-order valence-electron chi connectivity index (χ4n) is 4.78. The van der Waals surface area contributed by atoms with Gasteiger partial charge in [-0.1, -0.05) is 55.5 Å². The molecule has 7 nitrogen and oxygen atoms in total. The Morgan fingerprint density at radius 1 is 0.974 bits per heavy atom. The zero-order chi connectivity index (χ0) is 29.1. The first kappa shape index (κ1) is 30.2. The molecular weight excluding hydrogens is 490 g/mol. The molecule has 7 heteroatoms. The average molecular weight is 536 g/mol. The summed E-state index contributed by atoms with van der Waals surface area (Å²) in [7, 11) is 0. The number of carbonyl (C=O) groups excluding carboxylic acids is 3. The van der Waals surface area contributed by atoms with E-state index in [4.69, 9.17) is 4.74 Å². The minimum atomic E-state index is -0.912. The van der Waals surface area contributed by atoms with E-state index in [9.17, 15) is 14.4 Å². The highest BCUT2D eigenvalue weighted by Crippen LogP contribution is 2.41. The zero-order valence-electron chi connectivity index (χ0n) is 24.9. The molecule has 3 amide bonds. The molecule has 4 unspecified atom stereocenters. The Kier molecular flexibility index (Phi) is 9.14. The predicted molar refractivity (Wildman–Crippen MR) is 154 cm³/mol. The van der Waals surface area contributed by atoms with Gasteiger partial charge in [0.1, 0.15) is 17.7 Å². The summed E-state index contributed by atoms with van der Waals surface area (Å²) in [6.07, 6.45) is 0.403. The van der Waals surface area contributed by atoms with Gasteiger partial charge in [0, 0.05) is 18.0 Å². The lowest BCUT2D eigenvalue weighted by Gasteiger charge is -2.37. The van der Waals surface area contributed by atoms with Gasteiger partial charge in [0.15, 0.2) is 0 Å². The fraction of sp³-hybridized carbons (Fsp3) is 0.531. The van der Waals surface area contributed by atoms with Gasteiger partial charge in [-0.25, -0.2) is 4.79 Å². The first-order valence-corrected chi connectivity index (χ1v) is 13.8. The standard InChI is InChI=1S/C32H45N3O4/c1-20-14-13-17-24(22(20)3)27(28(36)34-31(4,5)6)35(26-18-21(26)2)29(37)25(19-23-15-11-10-12-16-23)33-30(38)39-32(7,8)9/h10-17,21,25-27H,18-19H2,1-9H3,(H,33,38)(H,34,36). The summed E-state index contributed by atoms with van der Waals surface area (Å²) in [4.78, 5) is 43.1. The van der Waals surface area contributed by atoms with Crippen LogP contribution in [0.4, 0.5) is 4.79 Å². The van der Waals surface area contributed by atoms with Crippen LogP contribution >= 0.6 is 0 Å². The maximum atomic E-state index is 14.5. The first-order chi connectivity index (χ1) is 18.1. The summed E-state index contributed by atoms with van der Waals surface area (Å²) in [6.45, 7) is 17.2. The molecule has 0 radical (unpaired) electrons. The van der Waals surface area contributed by atoms with Crippen molar-refractivity contribution in [1.82, 2.24) is 15.5 Å². The largest absolute Gasteiger partial charge is 0.444 e. The van der Waals surface area contributed by atoms with Crippen LogP contribution < -0.4 is 10.6 Å². The third-order valence-electron chi connectivity index (χ3n) is 6.92. The van der Waals surface area contributed by atoms with Gasteiger partial charge in [0.25, 0.3) is 0 Å². The van der Waals surface area contributed by atoms with Crippen LogP contribution in [0.2, 0.25) is 0 Å². The van der Waals surface area contributed by atoms with Crippen molar-refractivity contribution in [3.05, 3.63) is 70.8 Å². The molecule has 3 rings (SSSR count). The maximum Gasteiger partial charge on any atom is 0.408 e. The van der Waals surface area contributed by atoms with Crippen molar-refractivity contribution >= 4 is 17.9 Å². The number of nitrogens with zero attached hydrogens (tertiary/aromatic N) is 1. The van der Waals surface area contributed by atoms with Crippen LogP contribution in [-0.4, -0.2) is 46.0 Å². The summed E-state index contributed by atoms with van der Waals surface area (Å²) in [6, 6.07) is 13.6. The number of rotatable bonds is 8. The molecule has 39 heavy (non-hydrogen) atoms. The monoisotopic (exact) mass is 535 g/mol. The highest BCUT2D eigenvalue weighted by atomic mass is 16.6. The zero-order valence-corrected chi connectivity index (χ0v) is 24.9. The molecule has 0 heterocycles. The molecule has 2 N–H and O–H groups in total. The first-order valence-electron chi connectivity index (χ1n) is 13.8. The van der Waals surface area contributed by atoms with Crippen LogP contribution in [-0.2, 0) is 20.7 Å². The molecule has 1 fully saturated rings. The Morgan fingerprint density at radius 3 is 2.13 bits per heavy atom. The van der Waals surface area contributed by atoms with Crippen molar-refractivity contribution < 1.29 is 19.1 Å². The SMILES string of the molecule is Cc1cccc(C(C(=O)NC(C)(C)C)N(C(=O)C(Cc2ccccc2)NC(=O)OC(C)(C)C)C2CC2C)c1C. The molecule has 2 aromatic carbocycles. The molecule has 0 aromatic heterocycles. The van der Waals surface area contributed by atoms with Gasteiger partial charge in [-0.3, -0.25) is 9.59 Å². The van der Waals surface area contributed by atoms with E-state index in [-0.39, 0.29) is 30.2 Å². The molecule has 0 aliphatic heterocycles. The van der Waals surface area contributed by atoms with Crippen LogP contribution in [0.5, 0.6) is 0 Å². The second-order valence-corrected chi connectivity index (χ2v) is 12.8. The molecule has 0 bridgehead atoms. The summed E-state index contributed by atoms with van der Waals surface area (Å²) in [5, 5.41) is 5.95. The smallest absolute Gasteiger partial charge is 0.408 e. The number of ether oxygens (including phenoxy) is 1. The number of hydrogen-bond acceptors (Lipinski definition) is 4. The van der Waals surface area contributed by atoms with Gasteiger partial charge in [0.2, 0.25) is 11.8 Å². The average Bonchev–Trinajstić information content (AvgIpc) is 3.52.